The molecule has 1 aromatic carbocycles. The van der Waals surface area contributed by atoms with Crippen LogP contribution in [0.5, 0.6) is 5.88 Å². The molecule has 3 N–H and O–H groups in total. The second-order valence-electron chi connectivity index (χ2n) is 6.23. The number of nitrogens with zero attached hydrogens (tertiary/aromatic N) is 4. The van der Waals surface area contributed by atoms with Crippen LogP contribution in [0.4, 0.5) is 10.1 Å². The van der Waals surface area contributed by atoms with Crippen molar-refractivity contribution < 1.29 is 13.9 Å². The number of aromatic nitrogens is 2. The summed E-state index contributed by atoms with van der Waals surface area (Å²) in [7, 11) is 3.22. The Morgan fingerprint density at radius 1 is 1.43 bits per heavy atom. The minimum Gasteiger partial charge on any atom is -0.480 e. The number of rotatable bonds is 4. The molecule has 8 nitrogen and oxygen atoms in total. The van der Waals surface area contributed by atoms with E-state index in [4.69, 9.17) is 22.1 Å². The van der Waals surface area contributed by atoms with Crippen LogP contribution in [0, 0.1) is 5.82 Å². The molecule has 0 bridgehead atoms. The quantitative estimate of drug-likeness (QED) is 0.726. The van der Waals surface area contributed by atoms with Gasteiger partial charge in [-0.1, -0.05) is 11.6 Å². The number of nitrogens with two attached hydrogens (primary N) is 1. The zero-order valence-electron chi connectivity index (χ0n) is 15.4. The van der Waals surface area contributed by atoms with Crippen LogP contribution in [-0.4, -0.2) is 46.1 Å². The van der Waals surface area contributed by atoms with E-state index in [2.05, 4.69) is 20.3 Å². The third-order valence-corrected chi connectivity index (χ3v) is 5.70. The number of ether oxygens (including phenoxy) is 1. The van der Waals surface area contributed by atoms with E-state index >= 15 is 0 Å². The number of hydrogen-bond donors (Lipinski definition) is 2. The van der Waals surface area contributed by atoms with Crippen molar-refractivity contribution in [2.75, 3.05) is 25.2 Å². The Kier molecular flexibility index (Phi) is 5.61. The number of halogens is 2. The summed E-state index contributed by atoms with van der Waals surface area (Å²) < 4.78 is 21.4. The number of benzene rings is 1. The van der Waals surface area contributed by atoms with Crippen molar-refractivity contribution in [2.24, 2.45) is 10.7 Å². The Labute approximate surface area is 170 Å². The first-order valence-electron chi connectivity index (χ1n) is 8.12. The molecule has 1 aliphatic heterocycles. The fourth-order valence-corrected chi connectivity index (χ4v) is 3.63. The van der Waals surface area contributed by atoms with Crippen molar-refractivity contribution in [1.82, 2.24) is 14.3 Å². The van der Waals surface area contributed by atoms with Crippen molar-refractivity contribution in [2.45, 2.75) is 12.5 Å². The maximum atomic E-state index is 14.8. The van der Waals surface area contributed by atoms with Gasteiger partial charge in [0.1, 0.15) is 17.1 Å². The Balaban J connectivity index is 1.92. The molecule has 1 amide bonds. The van der Waals surface area contributed by atoms with E-state index in [1.807, 2.05) is 0 Å². The summed E-state index contributed by atoms with van der Waals surface area (Å²) in [4.78, 5) is 24.8. The summed E-state index contributed by atoms with van der Waals surface area (Å²) >= 11 is 7.48. The average molecular weight is 425 g/mol. The zero-order valence-corrected chi connectivity index (χ0v) is 16.9. The van der Waals surface area contributed by atoms with Crippen LogP contribution in [0.3, 0.4) is 0 Å². The highest BCUT2D eigenvalue weighted by atomic mass is 35.5. The molecule has 0 aliphatic carbocycles. The monoisotopic (exact) mass is 424 g/mol. The molecular weight excluding hydrogens is 407 g/mol. The molecule has 1 atom stereocenters. The lowest BCUT2D eigenvalue weighted by Gasteiger charge is -2.34. The van der Waals surface area contributed by atoms with E-state index in [0.29, 0.717) is 11.4 Å². The number of hydrogen-bond acceptors (Lipinski definition) is 8. The lowest BCUT2D eigenvalue weighted by molar-refractivity contribution is 0.102. The van der Waals surface area contributed by atoms with E-state index < -0.39 is 17.3 Å². The molecule has 1 aliphatic rings. The molecule has 28 heavy (non-hydrogen) atoms. The molecule has 0 saturated heterocycles. The van der Waals surface area contributed by atoms with Crippen molar-refractivity contribution >= 4 is 41.1 Å². The maximum absolute atomic E-state index is 14.8. The van der Waals surface area contributed by atoms with Gasteiger partial charge >= 0.3 is 0 Å². The van der Waals surface area contributed by atoms with Crippen molar-refractivity contribution in [1.29, 1.82) is 0 Å². The number of aliphatic imine (C=N–C) groups is 1. The van der Waals surface area contributed by atoms with Crippen molar-refractivity contribution in [3.8, 4) is 5.88 Å². The van der Waals surface area contributed by atoms with Crippen LogP contribution in [0.15, 0.2) is 29.5 Å². The van der Waals surface area contributed by atoms with Crippen LogP contribution in [-0.2, 0) is 5.54 Å². The van der Waals surface area contributed by atoms with Crippen LogP contribution in [0.1, 0.15) is 23.0 Å². The minimum absolute atomic E-state index is 0.0751. The van der Waals surface area contributed by atoms with Gasteiger partial charge in [-0.25, -0.2) is 19.4 Å². The van der Waals surface area contributed by atoms with Crippen LogP contribution >= 0.6 is 23.5 Å². The molecule has 11 heteroatoms. The predicted octanol–water partition coefficient (Wildman–Crippen LogP) is 2.65. The van der Waals surface area contributed by atoms with Crippen molar-refractivity contribution in [3.63, 3.8) is 0 Å². The minimum atomic E-state index is -0.935. The van der Waals surface area contributed by atoms with E-state index in [1.54, 1.807) is 18.3 Å². The molecule has 0 spiro atoms. The lowest BCUT2D eigenvalue weighted by Crippen LogP contribution is -2.40. The summed E-state index contributed by atoms with van der Waals surface area (Å²) in [6, 6.07) is 2.83. The molecule has 148 valence electrons. The first-order chi connectivity index (χ1) is 13.2. The van der Waals surface area contributed by atoms with Gasteiger partial charge in [0.05, 0.1) is 24.5 Å². The Morgan fingerprint density at radius 2 is 2.18 bits per heavy atom. The van der Waals surface area contributed by atoms with E-state index in [1.165, 1.54) is 43.6 Å². The van der Waals surface area contributed by atoms with Crippen LogP contribution in [0.25, 0.3) is 0 Å². The normalized spacial score (nSPS) is 19.2. The van der Waals surface area contributed by atoms with E-state index in [9.17, 15) is 9.18 Å². The van der Waals surface area contributed by atoms with Gasteiger partial charge in [0, 0.05) is 24.1 Å². The summed E-state index contributed by atoms with van der Waals surface area (Å²) in [6.07, 6.45) is 2.60. The van der Waals surface area contributed by atoms with Gasteiger partial charge < -0.3 is 15.8 Å². The first-order valence-corrected chi connectivity index (χ1v) is 9.44. The van der Waals surface area contributed by atoms with Gasteiger partial charge in [0.15, 0.2) is 0 Å². The number of amides is 1. The molecule has 1 aromatic heterocycles. The SMILES string of the molecule is COc1cnc(C(=O)Nc2cc(Cl)c(F)c([C@]3(C)CSN(C)C(N)=N3)c2)cn1. The predicted molar refractivity (Wildman–Crippen MR) is 107 cm³/mol. The number of nitrogens with one attached hydrogen (secondary N) is 1. The summed E-state index contributed by atoms with van der Waals surface area (Å²) in [5.41, 5.74) is 5.59. The van der Waals surface area contributed by atoms with Crippen LogP contribution in [0.2, 0.25) is 5.02 Å². The Morgan fingerprint density at radius 3 is 2.79 bits per heavy atom. The second-order valence-corrected chi connectivity index (χ2v) is 7.73. The van der Waals surface area contributed by atoms with E-state index in [0.717, 1.165) is 0 Å². The van der Waals surface area contributed by atoms with Gasteiger partial charge in [-0.05, 0) is 31.0 Å². The first kappa shape index (κ1) is 20.2. The largest absolute Gasteiger partial charge is 0.480 e. The molecule has 3 rings (SSSR count). The summed E-state index contributed by atoms with van der Waals surface area (Å²) in [6.45, 7) is 1.76. The second kappa shape index (κ2) is 7.80. The molecule has 0 unspecified atom stereocenters. The van der Waals surface area contributed by atoms with Gasteiger partial charge in [-0.3, -0.25) is 9.10 Å². The van der Waals surface area contributed by atoms with Gasteiger partial charge in [-0.2, -0.15) is 0 Å². The highest BCUT2D eigenvalue weighted by molar-refractivity contribution is 7.97. The fraction of sp³-hybridized carbons (Fsp3) is 0.294. The number of methoxy groups -OCH3 is 1. The molecule has 0 fully saturated rings. The van der Waals surface area contributed by atoms with Gasteiger partial charge in [0.25, 0.3) is 5.91 Å². The van der Waals surface area contributed by atoms with Gasteiger partial charge in [0.2, 0.25) is 11.8 Å². The highest BCUT2D eigenvalue weighted by Gasteiger charge is 2.35. The average Bonchev–Trinajstić information content (AvgIpc) is 2.67. The molecular formula is C17H18ClFN6O2S. The molecule has 0 saturated carbocycles. The van der Waals surface area contributed by atoms with Crippen molar-refractivity contribution in [3.05, 3.63) is 46.6 Å². The lowest BCUT2D eigenvalue weighted by atomic mass is 9.93. The molecule has 2 heterocycles. The third kappa shape index (κ3) is 3.97. The Bertz CT molecular complexity index is 942. The summed E-state index contributed by atoms with van der Waals surface area (Å²) in [5, 5.41) is 2.52. The fourth-order valence-electron chi connectivity index (χ4n) is 2.57. The maximum Gasteiger partial charge on any atom is 0.275 e. The number of carbonyl (C=O) groups excluding carboxylic acids is 1. The standard InChI is InChI=1S/C17H18ClFN6O2S/c1-17(8-28-25(2)16(20)24-17)10-4-9(5-11(18)14(10)19)23-15(26)12-6-22-13(27-3)7-21-12/h4-7H,8H2,1-3H3,(H2,20,24)(H,23,26)/t17-/m0/s1. The number of guanidine groups is 1. The number of carbonyl (C=O) groups is 1. The zero-order chi connectivity index (χ0) is 20.5. The Hall–Kier alpha value is -2.59. The molecule has 2 aromatic rings. The van der Waals surface area contributed by atoms with Crippen LogP contribution < -0.4 is 15.8 Å². The van der Waals surface area contributed by atoms with Gasteiger partial charge in [-0.15, -0.1) is 0 Å². The highest BCUT2D eigenvalue weighted by Crippen LogP contribution is 2.39. The number of anilines is 1. The summed E-state index contributed by atoms with van der Waals surface area (Å²) in [5.74, 6) is -0.106. The topological polar surface area (TPSA) is 106 Å². The third-order valence-electron chi connectivity index (χ3n) is 4.16. The smallest absolute Gasteiger partial charge is 0.275 e. The van der Waals surface area contributed by atoms with E-state index in [-0.39, 0.29) is 28.1 Å². The molecule has 0 radical (unpaired) electrons.